The van der Waals surface area contributed by atoms with E-state index in [1.54, 1.807) is 0 Å². The summed E-state index contributed by atoms with van der Waals surface area (Å²) in [6.07, 6.45) is 4.84. The minimum absolute atomic E-state index is 0.0471. The molecule has 2 rings (SSSR count). The lowest BCUT2D eigenvalue weighted by atomic mass is 9.90. The zero-order valence-corrected chi connectivity index (χ0v) is 9.18. The van der Waals surface area contributed by atoms with Crippen molar-refractivity contribution in [2.75, 3.05) is 6.54 Å². The van der Waals surface area contributed by atoms with Crippen LogP contribution in [0, 0.1) is 0 Å². The van der Waals surface area contributed by atoms with Gasteiger partial charge in [-0.1, -0.05) is 6.07 Å². The molecular weight excluding hydrogens is 186 g/mol. The molecule has 0 atom stereocenters. The Morgan fingerprint density at radius 3 is 2.73 bits per heavy atom. The predicted molar refractivity (Wildman–Crippen MR) is 61.1 cm³/mol. The van der Waals surface area contributed by atoms with E-state index in [-0.39, 0.29) is 5.91 Å². The van der Waals surface area contributed by atoms with Gasteiger partial charge in [0.15, 0.2) is 0 Å². The third-order valence-electron chi connectivity index (χ3n) is 2.95. The molecule has 1 aromatic rings. The maximum Gasteiger partial charge on any atom is 0.251 e. The van der Waals surface area contributed by atoms with Crippen LogP contribution in [0.1, 0.15) is 41.3 Å². The van der Waals surface area contributed by atoms with E-state index in [9.17, 15) is 4.79 Å². The van der Waals surface area contributed by atoms with Crippen LogP contribution in [-0.2, 0) is 12.8 Å². The van der Waals surface area contributed by atoms with Gasteiger partial charge in [0.05, 0.1) is 0 Å². The topological polar surface area (TPSA) is 29.1 Å². The molecule has 0 radical (unpaired) electrons. The fourth-order valence-corrected chi connectivity index (χ4v) is 2.14. The Labute approximate surface area is 90.7 Å². The van der Waals surface area contributed by atoms with Crippen molar-refractivity contribution in [2.24, 2.45) is 0 Å². The van der Waals surface area contributed by atoms with Gasteiger partial charge >= 0.3 is 0 Å². The first-order chi connectivity index (χ1) is 7.31. The summed E-state index contributed by atoms with van der Waals surface area (Å²) in [7, 11) is 0. The van der Waals surface area contributed by atoms with Gasteiger partial charge in [0.25, 0.3) is 5.91 Å². The molecule has 1 aliphatic carbocycles. The smallest absolute Gasteiger partial charge is 0.251 e. The highest BCUT2D eigenvalue weighted by molar-refractivity contribution is 5.94. The number of nitrogens with one attached hydrogen (secondary N) is 1. The van der Waals surface area contributed by atoms with Crippen LogP contribution < -0.4 is 5.32 Å². The third kappa shape index (κ3) is 2.20. The normalized spacial score (nSPS) is 14.5. The van der Waals surface area contributed by atoms with Gasteiger partial charge in [0.2, 0.25) is 0 Å². The van der Waals surface area contributed by atoms with E-state index in [1.807, 2.05) is 13.0 Å². The minimum Gasteiger partial charge on any atom is -0.352 e. The Kier molecular flexibility index (Phi) is 3.05. The number of hydrogen-bond donors (Lipinski definition) is 1. The molecule has 1 amide bonds. The molecule has 80 valence electrons. The zero-order valence-electron chi connectivity index (χ0n) is 9.18. The fraction of sp³-hybridized carbons (Fsp3) is 0.462. The number of carbonyl (C=O) groups excluding carboxylic acids is 1. The first-order valence-electron chi connectivity index (χ1n) is 5.71. The maximum atomic E-state index is 11.6. The number of benzene rings is 1. The average molecular weight is 203 g/mol. The first-order valence-corrected chi connectivity index (χ1v) is 5.71. The van der Waals surface area contributed by atoms with E-state index in [0.29, 0.717) is 6.54 Å². The molecule has 0 aromatic heterocycles. The van der Waals surface area contributed by atoms with Gasteiger partial charge in [0, 0.05) is 12.1 Å². The Morgan fingerprint density at radius 1 is 1.27 bits per heavy atom. The van der Waals surface area contributed by atoms with Gasteiger partial charge in [-0.2, -0.15) is 0 Å². The van der Waals surface area contributed by atoms with Crippen LogP contribution in [0.15, 0.2) is 18.2 Å². The summed E-state index contributed by atoms with van der Waals surface area (Å²) >= 11 is 0. The molecule has 1 aromatic carbocycles. The van der Waals surface area contributed by atoms with Crippen molar-refractivity contribution < 1.29 is 4.79 Å². The Hall–Kier alpha value is -1.31. The molecule has 0 bridgehead atoms. The van der Waals surface area contributed by atoms with E-state index in [4.69, 9.17) is 0 Å². The van der Waals surface area contributed by atoms with E-state index >= 15 is 0 Å². The number of amides is 1. The van der Waals surface area contributed by atoms with Crippen LogP contribution in [-0.4, -0.2) is 12.5 Å². The van der Waals surface area contributed by atoms with Gasteiger partial charge in [0.1, 0.15) is 0 Å². The van der Waals surface area contributed by atoms with Crippen molar-refractivity contribution in [3.63, 3.8) is 0 Å². The lowest BCUT2D eigenvalue weighted by Gasteiger charge is -2.16. The lowest BCUT2D eigenvalue weighted by Crippen LogP contribution is -2.23. The van der Waals surface area contributed by atoms with Crippen molar-refractivity contribution in [3.8, 4) is 0 Å². The third-order valence-corrected chi connectivity index (χ3v) is 2.95. The minimum atomic E-state index is 0.0471. The zero-order chi connectivity index (χ0) is 10.7. The lowest BCUT2D eigenvalue weighted by molar-refractivity contribution is 0.0955. The van der Waals surface area contributed by atoms with Crippen LogP contribution >= 0.6 is 0 Å². The van der Waals surface area contributed by atoms with Crippen LogP contribution in [0.25, 0.3) is 0 Å². The summed E-state index contributed by atoms with van der Waals surface area (Å²) in [4.78, 5) is 11.6. The highest BCUT2D eigenvalue weighted by atomic mass is 16.1. The molecule has 2 nitrogen and oxygen atoms in total. The Morgan fingerprint density at radius 2 is 2.00 bits per heavy atom. The Bertz CT molecular complexity index is 371. The summed E-state index contributed by atoms with van der Waals surface area (Å²) in [5.41, 5.74) is 3.59. The van der Waals surface area contributed by atoms with Gasteiger partial charge < -0.3 is 5.32 Å². The van der Waals surface area contributed by atoms with Crippen LogP contribution in [0.4, 0.5) is 0 Å². The maximum absolute atomic E-state index is 11.6. The Balaban J connectivity index is 2.24. The highest BCUT2D eigenvalue weighted by Gasteiger charge is 2.11. The van der Waals surface area contributed by atoms with Gasteiger partial charge in [-0.3, -0.25) is 4.79 Å². The van der Waals surface area contributed by atoms with E-state index in [1.165, 1.54) is 30.4 Å². The molecule has 0 aliphatic heterocycles. The number of carbonyl (C=O) groups is 1. The van der Waals surface area contributed by atoms with E-state index in [0.717, 1.165) is 12.0 Å². The number of aryl methyl sites for hydroxylation is 2. The number of rotatable bonds is 2. The van der Waals surface area contributed by atoms with Crippen LogP contribution in [0.3, 0.4) is 0 Å². The molecule has 0 unspecified atom stereocenters. The van der Waals surface area contributed by atoms with Gasteiger partial charge in [-0.15, -0.1) is 0 Å². The largest absolute Gasteiger partial charge is 0.352 e. The molecular formula is C13H17NO. The van der Waals surface area contributed by atoms with E-state index in [2.05, 4.69) is 17.4 Å². The SMILES string of the molecule is CCNC(=O)c1ccc2c(c1)CCCC2. The summed E-state index contributed by atoms with van der Waals surface area (Å²) in [5.74, 6) is 0.0471. The molecule has 0 saturated heterocycles. The van der Waals surface area contributed by atoms with Crippen LogP contribution in [0.2, 0.25) is 0 Å². The molecule has 15 heavy (non-hydrogen) atoms. The highest BCUT2D eigenvalue weighted by Crippen LogP contribution is 2.22. The molecule has 0 heterocycles. The molecule has 0 spiro atoms. The van der Waals surface area contributed by atoms with Crippen molar-refractivity contribution >= 4 is 5.91 Å². The van der Waals surface area contributed by atoms with E-state index < -0.39 is 0 Å². The second-order valence-corrected chi connectivity index (χ2v) is 4.05. The van der Waals surface area contributed by atoms with Crippen molar-refractivity contribution in [3.05, 3.63) is 34.9 Å². The second-order valence-electron chi connectivity index (χ2n) is 4.05. The fourth-order valence-electron chi connectivity index (χ4n) is 2.14. The molecule has 0 fully saturated rings. The monoisotopic (exact) mass is 203 g/mol. The number of fused-ring (bicyclic) bond motifs is 1. The molecule has 1 aliphatic rings. The first kappa shape index (κ1) is 10.2. The van der Waals surface area contributed by atoms with Crippen LogP contribution in [0.5, 0.6) is 0 Å². The molecule has 1 N–H and O–H groups in total. The summed E-state index contributed by atoms with van der Waals surface area (Å²) in [5, 5.41) is 2.83. The standard InChI is InChI=1S/C13H17NO/c1-2-14-13(15)12-8-7-10-5-3-4-6-11(10)9-12/h7-9H,2-6H2,1H3,(H,14,15). The van der Waals surface area contributed by atoms with Gasteiger partial charge in [-0.25, -0.2) is 0 Å². The van der Waals surface area contributed by atoms with Crippen molar-refractivity contribution in [1.29, 1.82) is 0 Å². The number of hydrogen-bond acceptors (Lipinski definition) is 1. The molecule has 2 heteroatoms. The summed E-state index contributed by atoms with van der Waals surface area (Å²) in [6, 6.07) is 6.10. The summed E-state index contributed by atoms with van der Waals surface area (Å²) < 4.78 is 0. The predicted octanol–water partition coefficient (Wildman–Crippen LogP) is 2.32. The summed E-state index contributed by atoms with van der Waals surface area (Å²) in [6.45, 7) is 2.63. The average Bonchev–Trinajstić information content (AvgIpc) is 2.29. The van der Waals surface area contributed by atoms with Crippen molar-refractivity contribution in [1.82, 2.24) is 5.32 Å². The van der Waals surface area contributed by atoms with Crippen molar-refractivity contribution in [2.45, 2.75) is 32.6 Å². The molecule has 0 saturated carbocycles. The quantitative estimate of drug-likeness (QED) is 0.785. The van der Waals surface area contributed by atoms with Gasteiger partial charge in [-0.05, 0) is 55.9 Å². The second kappa shape index (κ2) is 4.47.